The van der Waals surface area contributed by atoms with E-state index in [2.05, 4.69) is 24.1 Å². The fourth-order valence-electron chi connectivity index (χ4n) is 1.28. The summed E-state index contributed by atoms with van der Waals surface area (Å²) in [5.74, 6) is 5.91. The zero-order chi connectivity index (χ0) is 12.5. The molecular weight excluding hydrogens is 234 g/mol. The van der Waals surface area contributed by atoms with Crippen LogP contribution in [0.2, 0.25) is 5.02 Å². The molecule has 0 atom stereocenters. The minimum atomic E-state index is 0.0623. The van der Waals surface area contributed by atoms with Crippen LogP contribution in [0.1, 0.15) is 31.7 Å². The van der Waals surface area contributed by atoms with Crippen LogP contribution in [0.5, 0.6) is 0 Å². The zero-order valence-corrected chi connectivity index (χ0v) is 10.7. The van der Waals surface area contributed by atoms with Gasteiger partial charge in [-0.15, -0.1) is 0 Å². The van der Waals surface area contributed by atoms with Gasteiger partial charge >= 0.3 is 0 Å². The second-order valence-electron chi connectivity index (χ2n) is 3.69. The van der Waals surface area contributed by atoms with Crippen LogP contribution in [-0.2, 0) is 4.79 Å². The van der Waals surface area contributed by atoms with Gasteiger partial charge in [0.1, 0.15) is 0 Å². The van der Waals surface area contributed by atoms with Gasteiger partial charge in [0.05, 0.1) is 6.54 Å². The zero-order valence-electron chi connectivity index (χ0n) is 9.92. The van der Waals surface area contributed by atoms with Crippen molar-refractivity contribution in [1.29, 1.82) is 0 Å². The van der Waals surface area contributed by atoms with Crippen molar-refractivity contribution in [2.75, 3.05) is 6.54 Å². The van der Waals surface area contributed by atoms with Crippen LogP contribution in [-0.4, -0.2) is 12.5 Å². The fraction of sp³-hybridized carbons (Fsp3) is 0.357. The highest BCUT2D eigenvalue weighted by Crippen LogP contribution is 2.09. The lowest BCUT2D eigenvalue weighted by atomic mass is 10.2. The van der Waals surface area contributed by atoms with Crippen LogP contribution in [0.25, 0.3) is 0 Å². The Morgan fingerprint density at radius 3 is 3.00 bits per heavy atom. The van der Waals surface area contributed by atoms with Crippen LogP contribution in [0, 0.1) is 11.8 Å². The maximum absolute atomic E-state index is 11.3. The summed E-state index contributed by atoms with van der Waals surface area (Å²) in [4.78, 5) is 11.3. The van der Waals surface area contributed by atoms with E-state index in [0.29, 0.717) is 18.0 Å². The number of hydrogen-bond donors (Lipinski definition) is 1. The van der Waals surface area contributed by atoms with Gasteiger partial charge in [-0.1, -0.05) is 42.9 Å². The van der Waals surface area contributed by atoms with Crippen molar-refractivity contribution in [2.24, 2.45) is 0 Å². The van der Waals surface area contributed by atoms with Gasteiger partial charge in [-0.2, -0.15) is 0 Å². The van der Waals surface area contributed by atoms with Crippen molar-refractivity contribution in [3.8, 4) is 11.8 Å². The minimum Gasteiger partial charge on any atom is -0.345 e. The van der Waals surface area contributed by atoms with Crippen molar-refractivity contribution in [3.63, 3.8) is 0 Å². The monoisotopic (exact) mass is 249 g/mol. The third kappa shape index (κ3) is 5.99. The molecule has 0 fully saturated rings. The molecule has 17 heavy (non-hydrogen) atoms. The minimum absolute atomic E-state index is 0.0623. The molecule has 0 aliphatic heterocycles. The van der Waals surface area contributed by atoms with Gasteiger partial charge in [0.25, 0.3) is 0 Å². The molecule has 1 aromatic rings. The summed E-state index contributed by atoms with van der Waals surface area (Å²) >= 11 is 5.83. The molecule has 3 heteroatoms. The highest BCUT2D eigenvalue weighted by atomic mass is 35.5. The Bertz CT molecular complexity index is 431. The Labute approximate surface area is 107 Å². The lowest BCUT2D eigenvalue weighted by Gasteiger charge is -1.98. The molecule has 0 spiro atoms. The quantitative estimate of drug-likeness (QED) is 0.817. The maximum atomic E-state index is 11.3. The van der Waals surface area contributed by atoms with Gasteiger partial charge in [0, 0.05) is 17.0 Å². The van der Waals surface area contributed by atoms with E-state index in [-0.39, 0.29) is 5.91 Å². The Kier molecular flexibility index (Phi) is 6.21. The summed E-state index contributed by atoms with van der Waals surface area (Å²) in [5, 5.41) is 3.43. The molecule has 0 unspecified atom stereocenters. The first-order valence-corrected chi connectivity index (χ1v) is 6.11. The number of carbonyl (C=O) groups excluding carboxylic acids is 1. The average molecular weight is 250 g/mol. The molecule has 1 N–H and O–H groups in total. The average Bonchev–Trinajstić information content (AvgIpc) is 2.32. The largest absolute Gasteiger partial charge is 0.345 e. The normalized spacial score (nSPS) is 9.29. The van der Waals surface area contributed by atoms with E-state index in [4.69, 9.17) is 11.6 Å². The number of hydrogen-bond acceptors (Lipinski definition) is 1. The van der Waals surface area contributed by atoms with Crippen LogP contribution in [0.4, 0.5) is 0 Å². The smallest absolute Gasteiger partial charge is 0.220 e. The second kappa shape index (κ2) is 7.76. The highest BCUT2D eigenvalue weighted by molar-refractivity contribution is 6.30. The number of benzene rings is 1. The molecule has 1 amide bonds. The molecule has 90 valence electrons. The summed E-state index contributed by atoms with van der Waals surface area (Å²) in [6, 6.07) is 7.34. The van der Waals surface area contributed by atoms with Crippen LogP contribution in [0.3, 0.4) is 0 Å². The number of halogens is 1. The van der Waals surface area contributed by atoms with E-state index in [9.17, 15) is 4.79 Å². The highest BCUT2D eigenvalue weighted by Gasteiger charge is 1.96. The molecule has 0 saturated carbocycles. The lowest BCUT2D eigenvalue weighted by Crippen LogP contribution is -2.22. The second-order valence-corrected chi connectivity index (χ2v) is 4.13. The molecule has 0 bridgehead atoms. The van der Waals surface area contributed by atoms with Gasteiger partial charge in [-0.3, -0.25) is 4.79 Å². The SMILES string of the molecule is CCCCC(=O)NCC#Cc1cccc(Cl)c1. The van der Waals surface area contributed by atoms with Crippen LogP contribution < -0.4 is 5.32 Å². The molecule has 0 aromatic heterocycles. The Morgan fingerprint density at radius 2 is 2.29 bits per heavy atom. The standard InChI is InChI=1S/C14H16ClNO/c1-2-3-9-14(17)16-10-5-7-12-6-4-8-13(15)11-12/h4,6,8,11H,2-3,9-10H2,1H3,(H,16,17). The molecule has 0 saturated heterocycles. The third-order valence-electron chi connectivity index (χ3n) is 2.19. The van der Waals surface area contributed by atoms with Gasteiger partial charge in [-0.05, 0) is 24.6 Å². The first-order chi connectivity index (χ1) is 8.22. The number of unbranched alkanes of at least 4 members (excludes halogenated alkanes) is 1. The Hall–Kier alpha value is -1.46. The van der Waals surface area contributed by atoms with E-state index in [1.807, 2.05) is 12.1 Å². The summed E-state index contributed by atoms with van der Waals surface area (Å²) in [6.07, 6.45) is 2.53. The maximum Gasteiger partial charge on any atom is 0.220 e. The predicted molar refractivity (Wildman–Crippen MR) is 70.9 cm³/mol. The summed E-state index contributed by atoms with van der Waals surface area (Å²) in [5.41, 5.74) is 0.861. The van der Waals surface area contributed by atoms with E-state index in [1.165, 1.54) is 0 Å². The van der Waals surface area contributed by atoms with Gasteiger partial charge < -0.3 is 5.32 Å². The van der Waals surface area contributed by atoms with E-state index < -0.39 is 0 Å². The van der Waals surface area contributed by atoms with Gasteiger partial charge in [-0.25, -0.2) is 0 Å². The summed E-state index contributed by atoms with van der Waals surface area (Å²) < 4.78 is 0. The molecule has 2 nitrogen and oxygen atoms in total. The first-order valence-electron chi connectivity index (χ1n) is 5.73. The van der Waals surface area contributed by atoms with E-state index in [0.717, 1.165) is 18.4 Å². The summed E-state index contributed by atoms with van der Waals surface area (Å²) in [6.45, 7) is 2.45. The molecule has 0 aliphatic carbocycles. The van der Waals surface area contributed by atoms with Crippen molar-refractivity contribution in [2.45, 2.75) is 26.2 Å². The fourth-order valence-corrected chi connectivity index (χ4v) is 1.47. The van der Waals surface area contributed by atoms with Crippen molar-refractivity contribution < 1.29 is 4.79 Å². The molecule has 1 rings (SSSR count). The Balaban J connectivity index is 2.34. The molecule has 0 radical (unpaired) electrons. The molecule has 1 aromatic carbocycles. The first kappa shape index (κ1) is 13.6. The van der Waals surface area contributed by atoms with Crippen LogP contribution >= 0.6 is 11.6 Å². The van der Waals surface area contributed by atoms with Gasteiger partial charge in [0.2, 0.25) is 5.91 Å². The number of carbonyl (C=O) groups is 1. The Morgan fingerprint density at radius 1 is 1.47 bits per heavy atom. The van der Waals surface area contributed by atoms with Crippen molar-refractivity contribution in [1.82, 2.24) is 5.32 Å². The number of rotatable bonds is 4. The number of amides is 1. The predicted octanol–water partition coefficient (Wildman–Crippen LogP) is 3.00. The van der Waals surface area contributed by atoms with Crippen molar-refractivity contribution in [3.05, 3.63) is 34.9 Å². The van der Waals surface area contributed by atoms with E-state index in [1.54, 1.807) is 12.1 Å². The van der Waals surface area contributed by atoms with Crippen molar-refractivity contribution >= 4 is 17.5 Å². The van der Waals surface area contributed by atoms with Gasteiger partial charge in [0.15, 0.2) is 0 Å². The lowest BCUT2D eigenvalue weighted by molar-refractivity contribution is -0.120. The molecule has 0 aliphatic rings. The molecule has 0 heterocycles. The van der Waals surface area contributed by atoms with Crippen LogP contribution in [0.15, 0.2) is 24.3 Å². The summed E-state index contributed by atoms with van der Waals surface area (Å²) in [7, 11) is 0. The topological polar surface area (TPSA) is 29.1 Å². The number of nitrogens with one attached hydrogen (secondary N) is 1. The third-order valence-corrected chi connectivity index (χ3v) is 2.42. The van der Waals surface area contributed by atoms with E-state index >= 15 is 0 Å². The molecular formula is C14H16ClNO.